The number of ether oxygens (including phenoxy) is 3. The maximum absolute atomic E-state index is 13.5. The lowest BCUT2D eigenvalue weighted by atomic mass is 10.0. The van der Waals surface area contributed by atoms with Crippen LogP contribution in [0.25, 0.3) is 0 Å². The van der Waals surface area contributed by atoms with E-state index in [2.05, 4.69) is 5.43 Å². The second-order valence-electron chi connectivity index (χ2n) is 10.1. The van der Waals surface area contributed by atoms with E-state index < -0.39 is 53.3 Å². The number of hydrogen-bond acceptors (Lipinski definition) is 8. The van der Waals surface area contributed by atoms with E-state index in [1.165, 1.54) is 0 Å². The Kier molecular flexibility index (Phi) is 8.48. The van der Waals surface area contributed by atoms with Crippen LogP contribution < -0.4 is 5.43 Å². The SMILES string of the molecule is CC(=O)[C@H](C(=O)N1C(=O)OC[C@H]1Cc1ccccc1)N(NC(=O)OC(C)(C)C)C(=O)OC(C)(C)C. The van der Waals surface area contributed by atoms with Crippen LogP contribution in [-0.4, -0.2) is 69.8 Å². The number of ketones is 1. The number of rotatable bonds is 5. The van der Waals surface area contributed by atoms with Crippen LogP contribution in [0, 0.1) is 0 Å². The molecule has 2 atom stereocenters. The van der Waals surface area contributed by atoms with Crippen molar-refractivity contribution in [1.29, 1.82) is 0 Å². The van der Waals surface area contributed by atoms with Gasteiger partial charge in [-0.3, -0.25) is 9.59 Å². The molecule has 0 unspecified atom stereocenters. The zero-order valence-corrected chi connectivity index (χ0v) is 21.1. The second kappa shape index (κ2) is 10.7. The summed E-state index contributed by atoms with van der Waals surface area (Å²) in [7, 11) is 0. The molecule has 0 radical (unpaired) electrons. The van der Waals surface area contributed by atoms with Gasteiger partial charge in [0.2, 0.25) is 0 Å². The molecule has 1 aromatic rings. The molecule has 0 aromatic heterocycles. The third-order valence-corrected chi connectivity index (χ3v) is 4.59. The molecule has 2 rings (SSSR count). The van der Waals surface area contributed by atoms with Gasteiger partial charge in [-0.05, 0) is 60.5 Å². The molecular weight excluding hydrogens is 458 g/mol. The van der Waals surface area contributed by atoms with Crippen molar-refractivity contribution in [2.45, 2.75) is 78.2 Å². The van der Waals surface area contributed by atoms with Crippen molar-refractivity contribution in [3.8, 4) is 0 Å². The van der Waals surface area contributed by atoms with Gasteiger partial charge in [-0.2, -0.15) is 5.01 Å². The number of imide groups is 1. The number of amides is 4. The van der Waals surface area contributed by atoms with Crippen LogP contribution in [0.4, 0.5) is 14.4 Å². The molecule has 0 aliphatic carbocycles. The highest BCUT2D eigenvalue weighted by Gasteiger charge is 2.47. The van der Waals surface area contributed by atoms with Crippen molar-refractivity contribution in [3.63, 3.8) is 0 Å². The highest BCUT2D eigenvalue weighted by Crippen LogP contribution is 2.21. The van der Waals surface area contributed by atoms with Gasteiger partial charge in [-0.15, -0.1) is 0 Å². The van der Waals surface area contributed by atoms with E-state index in [0.717, 1.165) is 17.4 Å². The average Bonchev–Trinajstić information content (AvgIpc) is 3.05. The number of cyclic esters (lactones) is 1. The van der Waals surface area contributed by atoms with Crippen LogP contribution in [0.5, 0.6) is 0 Å². The molecule has 0 spiro atoms. The number of nitrogens with one attached hydrogen (secondary N) is 1. The van der Waals surface area contributed by atoms with Crippen molar-refractivity contribution >= 4 is 30.0 Å². The maximum Gasteiger partial charge on any atom is 0.430 e. The topological polar surface area (TPSA) is 132 Å². The van der Waals surface area contributed by atoms with Gasteiger partial charge < -0.3 is 14.2 Å². The monoisotopic (exact) mass is 491 g/mol. The first-order valence-electron chi connectivity index (χ1n) is 11.1. The summed E-state index contributed by atoms with van der Waals surface area (Å²) < 4.78 is 15.6. The van der Waals surface area contributed by atoms with Gasteiger partial charge in [-0.25, -0.2) is 24.7 Å². The fourth-order valence-corrected chi connectivity index (χ4v) is 3.29. The summed E-state index contributed by atoms with van der Waals surface area (Å²) in [4.78, 5) is 64.9. The van der Waals surface area contributed by atoms with Crippen LogP contribution in [0.3, 0.4) is 0 Å². The summed E-state index contributed by atoms with van der Waals surface area (Å²) in [6, 6.07) is 6.48. The average molecular weight is 492 g/mol. The fraction of sp³-hybridized carbons (Fsp3) is 0.542. The molecule has 1 saturated heterocycles. The third-order valence-electron chi connectivity index (χ3n) is 4.59. The normalized spacial score (nSPS) is 16.7. The molecule has 1 fully saturated rings. The van der Waals surface area contributed by atoms with Crippen molar-refractivity contribution in [1.82, 2.24) is 15.3 Å². The summed E-state index contributed by atoms with van der Waals surface area (Å²) >= 11 is 0. The Balaban J connectivity index is 2.40. The first-order chi connectivity index (χ1) is 16.1. The predicted octanol–water partition coefficient (Wildman–Crippen LogP) is 3.21. The van der Waals surface area contributed by atoms with Gasteiger partial charge in [-0.1, -0.05) is 30.3 Å². The first-order valence-corrected chi connectivity index (χ1v) is 11.1. The Morgan fingerprint density at radius 3 is 2.14 bits per heavy atom. The summed E-state index contributed by atoms with van der Waals surface area (Å²) in [5.41, 5.74) is 1.03. The molecule has 1 aliphatic rings. The highest BCUT2D eigenvalue weighted by atomic mass is 16.6. The Labute approximate surface area is 204 Å². The molecule has 11 nitrogen and oxygen atoms in total. The van der Waals surface area contributed by atoms with Crippen molar-refractivity contribution < 1.29 is 38.2 Å². The van der Waals surface area contributed by atoms with Crippen LogP contribution in [0.2, 0.25) is 0 Å². The number of carbonyl (C=O) groups excluding carboxylic acids is 5. The van der Waals surface area contributed by atoms with E-state index in [1.54, 1.807) is 41.5 Å². The Morgan fingerprint density at radius 1 is 1.06 bits per heavy atom. The lowest BCUT2D eigenvalue weighted by molar-refractivity contribution is -0.142. The largest absolute Gasteiger partial charge is 0.447 e. The van der Waals surface area contributed by atoms with E-state index >= 15 is 0 Å². The molecule has 0 saturated carbocycles. The van der Waals surface area contributed by atoms with Gasteiger partial charge in [0.15, 0.2) is 11.8 Å². The number of benzene rings is 1. The standard InChI is InChI=1S/C24H33N3O8/c1-15(28)18(27(22(32)35-24(5,6)7)25-20(30)34-23(2,3)4)19(29)26-17(14-33-21(26)31)13-16-11-9-8-10-12-16/h8-12,17-18H,13-14H2,1-7H3,(H,25,30)/t17-,18-/m1/s1. The molecule has 1 heterocycles. The minimum atomic E-state index is -1.90. The van der Waals surface area contributed by atoms with Crippen molar-refractivity contribution in [3.05, 3.63) is 35.9 Å². The van der Waals surface area contributed by atoms with Crippen LogP contribution >= 0.6 is 0 Å². The number of carbonyl (C=O) groups is 5. The molecule has 0 bridgehead atoms. The summed E-state index contributed by atoms with van der Waals surface area (Å²) in [5, 5.41) is 0.454. The highest BCUT2D eigenvalue weighted by molar-refractivity contribution is 6.11. The molecule has 4 amide bonds. The number of hydrogen-bond donors (Lipinski definition) is 1. The molecule has 1 N–H and O–H groups in total. The van der Waals surface area contributed by atoms with Crippen molar-refractivity contribution in [2.24, 2.45) is 0 Å². The zero-order chi connectivity index (χ0) is 26.6. The number of Topliss-reactive ketones (excluding diaryl/α,β-unsaturated/α-hetero) is 1. The minimum absolute atomic E-state index is 0.0873. The van der Waals surface area contributed by atoms with E-state index in [1.807, 2.05) is 30.3 Å². The molecule has 1 aromatic carbocycles. The minimum Gasteiger partial charge on any atom is -0.447 e. The van der Waals surface area contributed by atoms with E-state index in [-0.39, 0.29) is 13.0 Å². The van der Waals surface area contributed by atoms with Crippen LogP contribution in [0.1, 0.15) is 54.0 Å². The van der Waals surface area contributed by atoms with Gasteiger partial charge >= 0.3 is 18.3 Å². The van der Waals surface area contributed by atoms with Gasteiger partial charge in [0.05, 0.1) is 6.04 Å². The van der Waals surface area contributed by atoms with Gasteiger partial charge in [0.25, 0.3) is 5.91 Å². The Morgan fingerprint density at radius 2 is 1.63 bits per heavy atom. The van der Waals surface area contributed by atoms with Crippen LogP contribution in [-0.2, 0) is 30.2 Å². The number of nitrogens with zero attached hydrogens (tertiary/aromatic N) is 2. The maximum atomic E-state index is 13.5. The lowest BCUT2D eigenvalue weighted by Crippen LogP contribution is -2.62. The number of hydrazine groups is 1. The molecule has 11 heteroatoms. The van der Waals surface area contributed by atoms with Crippen molar-refractivity contribution in [2.75, 3.05) is 6.61 Å². The molecule has 1 aliphatic heterocycles. The molecule has 35 heavy (non-hydrogen) atoms. The summed E-state index contributed by atoms with van der Waals surface area (Å²) in [6.45, 7) is 10.5. The van der Waals surface area contributed by atoms with Gasteiger partial charge in [0.1, 0.15) is 17.8 Å². The first kappa shape index (κ1) is 27.6. The van der Waals surface area contributed by atoms with Gasteiger partial charge in [0, 0.05) is 0 Å². The van der Waals surface area contributed by atoms with Crippen LogP contribution in [0.15, 0.2) is 30.3 Å². The molecular formula is C24H33N3O8. The van der Waals surface area contributed by atoms with E-state index in [4.69, 9.17) is 14.2 Å². The smallest absolute Gasteiger partial charge is 0.430 e. The molecule has 192 valence electrons. The fourth-order valence-electron chi connectivity index (χ4n) is 3.29. The quantitative estimate of drug-likeness (QED) is 0.377. The Bertz CT molecular complexity index is 965. The van der Waals surface area contributed by atoms with E-state index in [9.17, 15) is 24.0 Å². The van der Waals surface area contributed by atoms with E-state index in [0.29, 0.717) is 5.01 Å². The predicted molar refractivity (Wildman–Crippen MR) is 124 cm³/mol. The lowest BCUT2D eigenvalue weighted by Gasteiger charge is -2.33. The summed E-state index contributed by atoms with van der Waals surface area (Å²) in [6.07, 6.45) is -2.95. The second-order valence-corrected chi connectivity index (χ2v) is 10.1. The third kappa shape index (κ3) is 7.97. The Hall–Kier alpha value is -3.63. The zero-order valence-electron chi connectivity index (χ0n) is 21.1. The summed E-state index contributed by atoms with van der Waals surface area (Å²) in [5.74, 6) is -1.85.